The zero-order chi connectivity index (χ0) is 15.1. The molecule has 0 aliphatic carbocycles. The van der Waals surface area contributed by atoms with E-state index in [1.807, 2.05) is 0 Å². The summed E-state index contributed by atoms with van der Waals surface area (Å²) < 4.78 is 5.27. The summed E-state index contributed by atoms with van der Waals surface area (Å²) in [5.41, 5.74) is 1.04. The fraction of sp³-hybridized carbons (Fsp3) is 0.267. The van der Waals surface area contributed by atoms with Gasteiger partial charge in [0.2, 0.25) is 5.89 Å². The molecule has 2 aromatic heterocycles. The Morgan fingerprint density at radius 1 is 1.43 bits per heavy atom. The number of nitrogens with zero attached hydrogens (tertiary/aromatic N) is 2. The number of carbonyl (C=O) groups excluding carboxylic acids is 1. The van der Waals surface area contributed by atoms with Crippen LogP contribution in [0.3, 0.4) is 0 Å². The number of nitrogens with one attached hydrogen (secondary N) is 1. The van der Waals surface area contributed by atoms with E-state index in [4.69, 9.17) is 9.52 Å². The van der Waals surface area contributed by atoms with E-state index in [0.29, 0.717) is 29.2 Å². The van der Waals surface area contributed by atoms with Crippen molar-refractivity contribution in [1.82, 2.24) is 15.3 Å². The Kier molecular flexibility index (Phi) is 5.07. The fourth-order valence-electron chi connectivity index (χ4n) is 1.59. The molecule has 108 valence electrons. The number of pyridine rings is 1. The fourth-order valence-corrected chi connectivity index (χ4v) is 1.59. The van der Waals surface area contributed by atoms with E-state index in [1.165, 1.54) is 6.20 Å². The second kappa shape index (κ2) is 7.22. The van der Waals surface area contributed by atoms with E-state index in [-0.39, 0.29) is 19.1 Å². The lowest BCUT2D eigenvalue weighted by molar-refractivity contribution is 0.0946. The topological polar surface area (TPSA) is 88.2 Å². The Morgan fingerprint density at radius 2 is 2.29 bits per heavy atom. The minimum absolute atomic E-state index is 0.0101. The minimum atomic E-state index is -0.274. The zero-order valence-electron chi connectivity index (χ0n) is 11.6. The van der Waals surface area contributed by atoms with Crippen LogP contribution in [-0.4, -0.2) is 27.6 Å². The molecule has 0 fully saturated rings. The molecular weight excluding hydrogens is 270 g/mol. The van der Waals surface area contributed by atoms with Crippen LogP contribution in [0.1, 0.15) is 34.0 Å². The first-order valence-corrected chi connectivity index (χ1v) is 6.43. The van der Waals surface area contributed by atoms with Crippen LogP contribution in [0.2, 0.25) is 0 Å². The third-order valence-electron chi connectivity index (χ3n) is 2.54. The van der Waals surface area contributed by atoms with E-state index in [9.17, 15) is 4.79 Å². The van der Waals surface area contributed by atoms with Crippen molar-refractivity contribution < 1.29 is 14.3 Å². The highest BCUT2D eigenvalue weighted by molar-refractivity contribution is 5.94. The first-order chi connectivity index (χ1) is 10.2. The van der Waals surface area contributed by atoms with Crippen molar-refractivity contribution in [3.63, 3.8) is 0 Å². The standard InChI is InChI=1S/C15H15N3O3/c1-11-7-17-14(21-11)10-18-15(20)13-6-12(8-16-9-13)4-2-3-5-19/h6-9,19H,3,5,10H2,1H3,(H,18,20). The molecule has 0 spiro atoms. The number of carbonyl (C=O) groups is 1. The smallest absolute Gasteiger partial charge is 0.253 e. The van der Waals surface area contributed by atoms with E-state index in [0.717, 1.165) is 0 Å². The molecule has 6 heteroatoms. The molecule has 0 bridgehead atoms. The van der Waals surface area contributed by atoms with Crippen molar-refractivity contribution in [3.05, 3.63) is 47.4 Å². The van der Waals surface area contributed by atoms with Gasteiger partial charge in [-0.25, -0.2) is 4.98 Å². The molecule has 0 aromatic carbocycles. The summed E-state index contributed by atoms with van der Waals surface area (Å²) >= 11 is 0. The molecule has 21 heavy (non-hydrogen) atoms. The summed E-state index contributed by atoms with van der Waals surface area (Å²) in [6.45, 7) is 2.01. The number of aliphatic hydroxyl groups excluding tert-OH is 1. The molecule has 0 aliphatic heterocycles. The van der Waals surface area contributed by atoms with E-state index < -0.39 is 0 Å². The van der Waals surface area contributed by atoms with E-state index in [2.05, 4.69) is 27.1 Å². The molecule has 6 nitrogen and oxygen atoms in total. The van der Waals surface area contributed by atoms with Crippen molar-refractivity contribution in [1.29, 1.82) is 0 Å². The number of aliphatic hydroxyl groups is 1. The summed E-state index contributed by atoms with van der Waals surface area (Å²) in [5, 5.41) is 11.4. The molecule has 0 radical (unpaired) electrons. The maximum Gasteiger partial charge on any atom is 0.253 e. The van der Waals surface area contributed by atoms with Gasteiger partial charge in [-0.3, -0.25) is 9.78 Å². The Labute approximate surface area is 122 Å². The van der Waals surface area contributed by atoms with Gasteiger partial charge in [-0.05, 0) is 13.0 Å². The minimum Gasteiger partial charge on any atom is -0.444 e. The van der Waals surface area contributed by atoms with Gasteiger partial charge in [-0.1, -0.05) is 11.8 Å². The van der Waals surface area contributed by atoms with Crippen molar-refractivity contribution >= 4 is 5.91 Å². The van der Waals surface area contributed by atoms with Gasteiger partial charge in [-0.15, -0.1) is 0 Å². The molecule has 0 unspecified atom stereocenters. The van der Waals surface area contributed by atoms with Crippen molar-refractivity contribution in [2.24, 2.45) is 0 Å². The number of hydrogen-bond acceptors (Lipinski definition) is 5. The average molecular weight is 285 g/mol. The number of amides is 1. The van der Waals surface area contributed by atoms with Crippen LogP contribution < -0.4 is 5.32 Å². The monoisotopic (exact) mass is 285 g/mol. The molecule has 0 saturated carbocycles. The van der Waals surface area contributed by atoms with Crippen LogP contribution in [0, 0.1) is 18.8 Å². The van der Waals surface area contributed by atoms with Gasteiger partial charge in [0.25, 0.3) is 5.91 Å². The lowest BCUT2D eigenvalue weighted by Gasteiger charge is -2.02. The zero-order valence-corrected chi connectivity index (χ0v) is 11.6. The molecular formula is C15H15N3O3. The van der Waals surface area contributed by atoms with Gasteiger partial charge in [0, 0.05) is 24.4 Å². The number of aryl methyl sites for hydroxylation is 1. The molecule has 2 heterocycles. The van der Waals surface area contributed by atoms with Gasteiger partial charge in [0.1, 0.15) is 5.76 Å². The maximum absolute atomic E-state index is 12.0. The first-order valence-electron chi connectivity index (χ1n) is 6.43. The van der Waals surface area contributed by atoms with Crippen LogP contribution in [0.25, 0.3) is 0 Å². The van der Waals surface area contributed by atoms with Crippen LogP contribution in [-0.2, 0) is 6.54 Å². The Bertz CT molecular complexity index is 683. The van der Waals surface area contributed by atoms with Crippen LogP contribution in [0.15, 0.2) is 29.1 Å². The number of hydrogen-bond donors (Lipinski definition) is 2. The van der Waals surface area contributed by atoms with E-state index in [1.54, 1.807) is 25.4 Å². The van der Waals surface area contributed by atoms with Gasteiger partial charge in [0.15, 0.2) is 0 Å². The quantitative estimate of drug-likeness (QED) is 0.819. The summed E-state index contributed by atoms with van der Waals surface area (Å²) in [6.07, 6.45) is 5.02. The maximum atomic E-state index is 12.0. The Hall–Kier alpha value is -2.65. The third kappa shape index (κ3) is 4.44. The molecule has 2 rings (SSSR count). The third-order valence-corrected chi connectivity index (χ3v) is 2.54. The van der Waals surface area contributed by atoms with E-state index >= 15 is 0 Å². The molecule has 0 atom stereocenters. The highest BCUT2D eigenvalue weighted by Gasteiger charge is 2.08. The predicted molar refractivity (Wildman–Crippen MR) is 75.2 cm³/mol. The summed E-state index contributed by atoms with van der Waals surface area (Å²) in [5.74, 6) is 6.49. The summed E-state index contributed by atoms with van der Waals surface area (Å²) in [7, 11) is 0. The van der Waals surface area contributed by atoms with Gasteiger partial charge >= 0.3 is 0 Å². The van der Waals surface area contributed by atoms with Crippen molar-refractivity contribution in [3.8, 4) is 11.8 Å². The second-order valence-electron chi connectivity index (χ2n) is 4.29. The lowest BCUT2D eigenvalue weighted by Crippen LogP contribution is -2.23. The SMILES string of the molecule is Cc1cnc(CNC(=O)c2cncc(C#CCCO)c2)o1. The highest BCUT2D eigenvalue weighted by atomic mass is 16.4. The molecule has 0 aliphatic rings. The molecule has 2 aromatic rings. The van der Waals surface area contributed by atoms with Crippen LogP contribution >= 0.6 is 0 Å². The van der Waals surface area contributed by atoms with Gasteiger partial charge < -0.3 is 14.8 Å². The number of oxazole rings is 1. The van der Waals surface area contributed by atoms with Crippen LogP contribution in [0.4, 0.5) is 0 Å². The largest absolute Gasteiger partial charge is 0.444 e. The molecule has 1 amide bonds. The average Bonchev–Trinajstić information content (AvgIpc) is 2.91. The van der Waals surface area contributed by atoms with Crippen molar-refractivity contribution in [2.75, 3.05) is 6.61 Å². The molecule has 0 saturated heterocycles. The van der Waals surface area contributed by atoms with Gasteiger partial charge in [-0.2, -0.15) is 0 Å². The molecule has 2 N–H and O–H groups in total. The second-order valence-corrected chi connectivity index (χ2v) is 4.29. The Balaban J connectivity index is 1.99. The number of aromatic nitrogens is 2. The number of rotatable bonds is 4. The summed E-state index contributed by atoms with van der Waals surface area (Å²) in [6, 6.07) is 1.65. The van der Waals surface area contributed by atoms with Crippen LogP contribution in [0.5, 0.6) is 0 Å². The Morgan fingerprint density at radius 3 is 3.00 bits per heavy atom. The van der Waals surface area contributed by atoms with Crippen molar-refractivity contribution in [2.45, 2.75) is 19.9 Å². The van der Waals surface area contributed by atoms with Gasteiger partial charge in [0.05, 0.1) is 24.9 Å². The summed E-state index contributed by atoms with van der Waals surface area (Å²) in [4.78, 5) is 20.0. The normalized spacial score (nSPS) is 9.81. The first kappa shape index (κ1) is 14.8. The lowest BCUT2D eigenvalue weighted by atomic mass is 10.2. The predicted octanol–water partition coefficient (Wildman–Crippen LogP) is 1.04. The highest BCUT2D eigenvalue weighted by Crippen LogP contribution is 2.04.